The number of anilines is 3. The van der Waals surface area contributed by atoms with Crippen LogP contribution >= 0.6 is 0 Å². The Labute approximate surface area is 149 Å². The minimum absolute atomic E-state index is 0.407. The molecule has 0 fully saturated rings. The summed E-state index contributed by atoms with van der Waals surface area (Å²) < 4.78 is 19.1. The average molecular weight is 348 g/mol. The molecule has 0 N–H and O–H groups in total. The maximum absolute atomic E-state index is 13.0. The number of nitrogens with zero attached hydrogens (tertiary/aromatic N) is 2. The topological polar surface area (TPSA) is 48.4 Å². The summed E-state index contributed by atoms with van der Waals surface area (Å²) in [4.78, 5) is 8.13. The fourth-order valence-corrected chi connectivity index (χ4v) is 4.70. The molecule has 2 aliphatic heterocycles. The Morgan fingerprint density at radius 2 is 1.88 bits per heavy atom. The van der Waals surface area contributed by atoms with Crippen LogP contribution in [-0.2, 0) is 11.2 Å². The van der Waals surface area contributed by atoms with Crippen LogP contribution in [0.1, 0.15) is 25.3 Å². The lowest BCUT2D eigenvalue weighted by Crippen LogP contribution is -2.26. The van der Waals surface area contributed by atoms with Crippen molar-refractivity contribution in [1.82, 2.24) is 4.98 Å². The summed E-state index contributed by atoms with van der Waals surface area (Å²) in [5.41, 5.74) is 3.01. The molecule has 3 aromatic rings. The molecular formula is C20H16N2O2S. The van der Waals surface area contributed by atoms with Crippen molar-refractivity contribution < 1.29 is 9.29 Å². The van der Waals surface area contributed by atoms with Gasteiger partial charge in [0.15, 0.2) is 22.2 Å². The zero-order valence-corrected chi connectivity index (χ0v) is 14.7. The number of aromatic nitrogens is 1. The quantitative estimate of drug-likeness (QED) is 0.440. The van der Waals surface area contributed by atoms with E-state index in [1.165, 1.54) is 5.56 Å². The highest BCUT2D eigenvalue weighted by Gasteiger charge is 2.41. The van der Waals surface area contributed by atoms with Gasteiger partial charge in [0.2, 0.25) is 4.90 Å². The molecule has 25 heavy (non-hydrogen) atoms. The van der Waals surface area contributed by atoms with E-state index in [2.05, 4.69) is 35.9 Å². The molecule has 0 amide bonds. The molecule has 0 radical (unpaired) electrons. The SMILES string of the molecule is CC(C)c1ccc2c(c1)N1c3ncccc3[S+]([O-])c3cccc(c31)O2. The van der Waals surface area contributed by atoms with Crippen molar-refractivity contribution in [3.8, 4) is 11.5 Å². The first kappa shape index (κ1) is 14.8. The average Bonchev–Trinajstić information content (AvgIpc) is 2.64. The van der Waals surface area contributed by atoms with Crippen LogP contribution in [-0.4, -0.2) is 9.54 Å². The molecule has 0 aliphatic carbocycles. The van der Waals surface area contributed by atoms with Gasteiger partial charge in [-0.3, -0.25) is 4.90 Å². The van der Waals surface area contributed by atoms with Gasteiger partial charge >= 0.3 is 0 Å². The number of fused-ring (bicyclic) bond motifs is 4. The van der Waals surface area contributed by atoms with Gasteiger partial charge in [-0.2, -0.15) is 0 Å². The summed E-state index contributed by atoms with van der Waals surface area (Å²) in [6.07, 6.45) is 1.74. The normalized spacial score (nSPS) is 16.8. The molecular weight excluding hydrogens is 332 g/mol. The summed E-state index contributed by atoms with van der Waals surface area (Å²) in [5.74, 6) is 2.63. The van der Waals surface area contributed by atoms with Crippen molar-refractivity contribution in [2.45, 2.75) is 29.6 Å². The summed E-state index contributed by atoms with van der Waals surface area (Å²) in [6, 6.07) is 15.7. The first-order valence-electron chi connectivity index (χ1n) is 8.27. The molecule has 1 atom stereocenters. The van der Waals surface area contributed by atoms with E-state index in [0.717, 1.165) is 26.9 Å². The summed E-state index contributed by atoms with van der Waals surface area (Å²) in [6.45, 7) is 4.34. The molecule has 5 heteroatoms. The predicted octanol–water partition coefficient (Wildman–Crippen LogP) is 5.26. The van der Waals surface area contributed by atoms with Crippen molar-refractivity contribution in [2.75, 3.05) is 4.90 Å². The van der Waals surface area contributed by atoms with Gasteiger partial charge in [0.25, 0.3) is 0 Å². The van der Waals surface area contributed by atoms with Crippen LogP contribution in [0.2, 0.25) is 0 Å². The molecule has 1 aromatic heterocycles. The first-order valence-corrected chi connectivity index (χ1v) is 9.42. The van der Waals surface area contributed by atoms with Crippen LogP contribution in [0.4, 0.5) is 17.2 Å². The molecule has 124 valence electrons. The summed E-state index contributed by atoms with van der Waals surface area (Å²) in [5, 5.41) is 0. The van der Waals surface area contributed by atoms with Gasteiger partial charge in [-0.15, -0.1) is 0 Å². The number of benzene rings is 2. The van der Waals surface area contributed by atoms with E-state index in [0.29, 0.717) is 17.5 Å². The van der Waals surface area contributed by atoms with Crippen molar-refractivity contribution in [3.63, 3.8) is 0 Å². The predicted molar refractivity (Wildman–Crippen MR) is 97.8 cm³/mol. The van der Waals surface area contributed by atoms with Crippen LogP contribution in [0.15, 0.2) is 64.5 Å². The van der Waals surface area contributed by atoms with Crippen molar-refractivity contribution >= 4 is 28.4 Å². The van der Waals surface area contributed by atoms with E-state index in [-0.39, 0.29) is 0 Å². The lowest BCUT2D eigenvalue weighted by Gasteiger charge is -2.36. The fraction of sp³-hybridized carbons (Fsp3) is 0.150. The van der Waals surface area contributed by atoms with Crippen LogP contribution in [0.3, 0.4) is 0 Å². The zero-order valence-electron chi connectivity index (χ0n) is 13.9. The number of hydrogen-bond acceptors (Lipinski definition) is 4. The number of rotatable bonds is 1. The second-order valence-corrected chi connectivity index (χ2v) is 7.93. The molecule has 2 aliphatic rings. The lowest BCUT2D eigenvalue weighted by molar-refractivity contribution is 0.473. The minimum Gasteiger partial charge on any atom is -0.606 e. The van der Waals surface area contributed by atoms with E-state index in [9.17, 15) is 4.55 Å². The van der Waals surface area contributed by atoms with E-state index in [1.807, 2.05) is 36.4 Å². The molecule has 5 rings (SSSR count). The second-order valence-electron chi connectivity index (χ2n) is 6.52. The summed E-state index contributed by atoms with van der Waals surface area (Å²) in [7, 11) is 0. The standard InChI is InChI=1S/C20H16N2O2S/c1-12(2)13-8-9-15-14(11-13)22-19-16(24-15)5-3-6-17(19)25(23)18-7-4-10-21-20(18)22/h3-12H,1-2H3. The Balaban J connectivity index is 1.83. The Hall–Kier alpha value is -2.50. The van der Waals surface area contributed by atoms with Gasteiger partial charge in [0, 0.05) is 17.4 Å². The van der Waals surface area contributed by atoms with Gasteiger partial charge in [-0.25, -0.2) is 4.98 Å². The highest BCUT2D eigenvalue weighted by molar-refractivity contribution is 7.92. The maximum Gasteiger partial charge on any atom is 0.201 e. The van der Waals surface area contributed by atoms with Crippen LogP contribution < -0.4 is 9.64 Å². The van der Waals surface area contributed by atoms with Crippen LogP contribution in [0, 0.1) is 0 Å². The fourth-order valence-electron chi connectivity index (χ4n) is 3.38. The Kier molecular flexibility index (Phi) is 3.11. The van der Waals surface area contributed by atoms with Gasteiger partial charge in [0.1, 0.15) is 5.69 Å². The third-order valence-electron chi connectivity index (χ3n) is 4.66. The molecule has 2 aromatic carbocycles. The van der Waals surface area contributed by atoms with E-state index in [1.54, 1.807) is 6.20 Å². The largest absolute Gasteiger partial charge is 0.606 e. The van der Waals surface area contributed by atoms with Gasteiger partial charge in [-0.05, 0) is 47.9 Å². The Bertz CT molecular complexity index is 1000. The highest BCUT2D eigenvalue weighted by atomic mass is 32.2. The Morgan fingerprint density at radius 3 is 2.72 bits per heavy atom. The first-order chi connectivity index (χ1) is 12.1. The second kappa shape index (κ2) is 5.25. The molecule has 0 saturated heterocycles. The maximum atomic E-state index is 13.0. The molecule has 1 unspecified atom stereocenters. The lowest BCUT2D eigenvalue weighted by atomic mass is 10.0. The molecule has 0 spiro atoms. The third kappa shape index (κ3) is 2.03. The number of para-hydroxylation sites is 1. The molecule has 0 bridgehead atoms. The highest BCUT2D eigenvalue weighted by Crippen LogP contribution is 2.57. The van der Waals surface area contributed by atoms with Gasteiger partial charge in [-0.1, -0.05) is 26.0 Å². The smallest absolute Gasteiger partial charge is 0.201 e. The van der Waals surface area contributed by atoms with Crippen molar-refractivity contribution in [2.24, 2.45) is 0 Å². The minimum atomic E-state index is -1.26. The third-order valence-corrected chi connectivity index (χ3v) is 6.11. The van der Waals surface area contributed by atoms with E-state index >= 15 is 0 Å². The van der Waals surface area contributed by atoms with E-state index < -0.39 is 11.2 Å². The molecule has 0 saturated carbocycles. The number of hydrogen-bond donors (Lipinski definition) is 0. The molecule has 4 nitrogen and oxygen atoms in total. The Morgan fingerprint density at radius 1 is 1.04 bits per heavy atom. The van der Waals surface area contributed by atoms with Crippen LogP contribution in [0.25, 0.3) is 0 Å². The number of pyridine rings is 1. The molecule has 3 heterocycles. The van der Waals surface area contributed by atoms with Crippen molar-refractivity contribution in [3.05, 3.63) is 60.3 Å². The van der Waals surface area contributed by atoms with E-state index in [4.69, 9.17) is 4.74 Å². The van der Waals surface area contributed by atoms with Gasteiger partial charge < -0.3 is 9.29 Å². The summed E-state index contributed by atoms with van der Waals surface area (Å²) >= 11 is -1.26. The van der Waals surface area contributed by atoms with Gasteiger partial charge in [0.05, 0.1) is 5.69 Å². The zero-order chi connectivity index (χ0) is 17.1. The number of ether oxygens (including phenoxy) is 1. The monoisotopic (exact) mass is 348 g/mol. The van der Waals surface area contributed by atoms with Crippen LogP contribution in [0.5, 0.6) is 11.5 Å². The van der Waals surface area contributed by atoms with Crippen molar-refractivity contribution in [1.29, 1.82) is 0 Å².